The van der Waals surface area contributed by atoms with Crippen molar-refractivity contribution in [3.8, 4) is 5.75 Å². The third-order valence-electron chi connectivity index (χ3n) is 3.79. The van der Waals surface area contributed by atoms with Crippen molar-refractivity contribution in [2.45, 2.75) is 31.4 Å². The average molecular weight is 296 g/mol. The molecule has 0 radical (unpaired) electrons. The van der Waals surface area contributed by atoms with E-state index in [4.69, 9.17) is 21.4 Å². The summed E-state index contributed by atoms with van der Waals surface area (Å²) in [5, 5.41) is 9.74. The molecule has 106 valence electrons. The van der Waals surface area contributed by atoms with Crippen LogP contribution >= 0.6 is 11.6 Å². The Hall–Kier alpha value is -1.75. The highest BCUT2D eigenvalue weighted by Gasteiger charge is 2.40. The number of hydrogen-bond acceptors (Lipinski definition) is 3. The van der Waals surface area contributed by atoms with Crippen LogP contribution in [0.1, 0.15) is 18.4 Å². The predicted octanol–water partition coefficient (Wildman–Crippen LogP) is 1.72. The maximum Gasteiger partial charge on any atom is 0.326 e. The molecule has 2 heterocycles. The van der Waals surface area contributed by atoms with Crippen LogP contribution in [0.3, 0.4) is 0 Å². The second-order valence-electron chi connectivity index (χ2n) is 5.09. The van der Waals surface area contributed by atoms with Gasteiger partial charge in [-0.25, -0.2) is 4.79 Å². The van der Waals surface area contributed by atoms with Gasteiger partial charge in [0, 0.05) is 18.0 Å². The molecule has 1 saturated heterocycles. The number of carboxylic acid groups (broad SMARTS) is 1. The van der Waals surface area contributed by atoms with E-state index in [0.29, 0.717) is 36.6 Å². The molecule has 2 aliphatic heterocycles. The van der Waals surface area contributed by atoms with Crippen molar-refractivity contribution < 1.29 is 19.4 Å². The molecule has 0 spiro atoms. The molecule has 6 heteroatoms. The fourth-order valence-corrected chi connectivity index (χ4v) is 3.02. The van der Waals surface area contributed by atoms with E-state index in [2.05, 4.69) is 0 Å². The topological polar surface area (TPSA) is 66.8 Å². The number of rotatable bonds is 2. The van der Waals surface area contributed by atoms with E-state index in [1.54, 1.807) is 18.2 Å². The van der Waals surface area contributed by atoms with Crippen molar-refractivity contribution in [1.82, 2.24) is 4.90 Å². The van der Waals surface area contributed by atoms with E-state index in [-0.39, 0.29) is 5.91 Å². The van der Waals surface area contributed by atoms with Gasteiger partial charge >= 0.3 is 5.97 Å². The van der Waals surface area contributed by atoms with Crippen LogP contribution in [0.15, 0.2) is 18.2 Å². The van der Waals surface area contributed by atoms with E-state index in [0.717, 1.165) is 5.56 Å². The summed E-state index contributed by atoms with van der Waals surface area (Å²) in [6.07, 6.45) is 1.03. The van der Waals surface area contributed by atoms with E-state index < -0.39 is 18.1 Å². The van der Waals surface area contributed by atoms with Crippen molar-refractivity contribution in [3.63, 3.8) is 0 Å². The Balaban J connectivity index is 1.75. The van der Waals surface area contributed by atoms with Gasteiger partial charge < -0.3 is 14.7 Å². The molecule has 1 aromatic carbocycles. The number of aliphatic carboxylic acids is 1. The lowest BCUT2D eigenvalue weighted by molar-refractivity contribution is -0.150. The number of halogens is 1. The third-order valence-corrected chi connectivity index (χ3v) is 4.03. The molecular formula is C14H14ClNO4. The SMILES string of the molecule is O=C(O)[C@@H]1CCCN1C(=O)[C@H]1Cc2cc(Cl)ccc2O1. The van der Waals surface area contributed by atoms with Crippen LogP contribution in [0, 0.1) is 0 Å². The lowest BCUT2D eigenvalue weighted by Gasteiger charge is -2.24. The molecule has 2 aliphatic rings. The standard InChI is InChI=1S/C14H14ClNO4/c15-9-3-4-11-8(6-9)7-12(20-11)13(17)16-5-1-2-10(16)14(18)19/h3-4,6,10,12H,1-2,5,7H2,(H,18,19)/t10-,12+/m0/s1. The average Bonchev–Trinajstić information content (AvgIpc) is 3.03. The summed E-state index contributed by atoms with van der Waals surface area (Å²) in [5.74, 6) is -0.546. The molecule has 0 aromatic heterocycles. The number of ether oxygens (including phenoxy) is 1. The number of carbonyl (C=O) groups excluding carboxylic acids is 1. The first kappa shape index (κ1) is 13.2. The number of carbonyl (C=O) groups is 2. The highest BCUT2D eigenvalue weighted by molar-refractivity contribution is 6.30. The van der Waals surface area contributed by atoms with Crippen LogP contribution in [0.5, 0.6) is 5.75 Å². The molecule has 1 amide bonds. The number of amides is 1. The highest BCUT2D eigenvalue weighted by atomic mass is 35.5. The van der Waals surface area contributed by atoms with Crippen LogP contribution in [0.2, 0.25) is 5.02 Å². The van der Waals surface area contributed by atoms with E-state index in [1.807, 2.05) is 0 Å². The van der Waals surface area contributed by atoms with Gasteiger partial charge in [-0.05, 0) is 36.6 Å². The van der Waals surface area contributed by atoms with Crippen molar-refractivity contribution in [2.75, 3.05) is 6.54 Å². The quantitative estimate of drug-likeness (QED) is 0.902. The molecule has 2 atom stereocenters. The van der Waals surface area contributed by atoms with Crippen molar-refractivity contribution in [3.05, 3.63) is 28.8 Å². The van der Waals surface area contributed by atoms with Crippen molar-refractivity contribution >= 4 is 23.5 Å². The zero-order valence-corrected chi connectivity index (χ0v) is 11.5. The fourth-order valence-electron chi connectivity index (χ4n) is 2.83. The number of carboxylic acids is 1. The van der Waals surface area contributed by atoms with Gasteiger partial charge in [0.25, 0.3) is 5.91 Å². The Bertz CT molecular complexity index is 574. The minimum Gasteiger partial charge on any atom is -0.480 e. The third kappa shape index (κ3) is 2.22. The van der Waals surface area contributed by atoms with Crippen molar-refractivity contribution in [1.29, 1.82) is 0 Å². The lowest BCUT2D eigenvalue weighted by Crippen LogP contribution is -2.46. The highest BCUT2D eigenvalue weighted by Crippen LogP contribution is 2.32. The van der Waals surface area contributed by atoms with Gasteiger partial charge in [-0.15, -0.1) is 0 Å². The Morgan fingerprint density at radius 3 is 2.95 bits per heavy atom. The maximum absolute atomic E-state index is 12.4. The van der Waals surface area contributed by atoms with Crippen LogP contribution < -0.4 is 4.74 Å². The minimum atomic E-state index is -0.950. The molecule has 0 saturated carbocycles. The van der Waals surface area contributed by atoms with E-state index >= 15 is 0 Å². The fraction of sp³-hybridized carbons (Fsp3) is 0.429. The summed E-state index contributed by atoms with van der Waals surface area (Å²) in [4.78, 5) is 25.0. The number of nitrogens with zero attached hydrogens (tertiary/aromatic N) is 1. The number of benzene rings is 1. The van der Waals surface area contributed by atoms with Gasteiger partial charge in [0.15, 0.2) is 6.10 Å². The molecular weight excluding hydrogens is 282 g/mol. The van der Waals surface area contributed by atoms with Gasteiger partial charge in [-0.1, -0.05) is 11.6 Å². The summed E-state index contributed by atoms with van der Waals surface area (Å²) in [5.41, 5.74) is 0.891. The molecule has 1 aromatic rings. The van der Waals surface area contributed by atoms with Crippen LogP contribution in [-0.2, 0) is 16.0 Å². The molecule has 0 aliphatic carbocycles. The van der Waals surface area contributed by atoms with Gasteiger partial charge in [0.2, 0.25) is 0 Å². The summed E-state index contributed by atoms with van der Waals surface area (Å²) in [7, 11) is 0. The van der Waals surface area contributed by atoms with Crippen LogP contribution in [-0.4, -0.2) is 40.6 Å². The monoisotopic (exact) mass is 295 g/mol. The summed E-state index contributed by atoms with van der Waals surface area (Å²) in [6.45, 7) is 0.479. The largest absolute Gasteiger partial charge is 0.480 e. The predicted molar refractivity (Wildman–Crippen MR) is 71.9 cm³/mol. The lowest BCUT2D eigenvalue weighted by atomic mass is 10.1. The second-order valence-corrected chi connectivity index (χ2v) is 5.53. The van der Waals surface area contributed by atoms with Crippen molar-refractivity contribution in [2.24, 2.45) is 0 Å². The van der Waals surface area contributed by atoms with E-state index in [9.17, 15) is 9.59 Å². The normalized spacial score (nSPS) is 24.4. The van der Waals surface area contributed by atoms with E-state index in [1.165, 1.54) is 4.90 Å². The first-order valence-corrected chi connectivity index (χ1v) is 6.92. The molecule has 3 rings (SSSR count). The zero-order chi connectivity index (χ0) is 14.3. The first-order valence-electron chi connectivity index (χ1n) is 6.54. The maximum atomic E-state index is 12.4. The van der Waals surface area contributed by atoms with Crippen LogP contribution in [0.4, 0.5) is 0 Å². The molecule has 1 fully saturated rings. The Morgan fingerprint density at radius 2 is 2.20 bits per heavy atom. The minimum absolute atomic E-state index is 0.248. The molecule has 1 N–H and O–H groups in total. The molecule has 0 unspecified atom stereocenters. The zero-order valence-electron chi connectivity index (χ0n) is 10.7. The second kappa shape index (κ2) is 4.98. The number of fused-ring (bicyclic) bond motifs is 1. The smallest absolute Gasteiger partial charge is 0.326 e. The number of likely N-dealkylation sites (tertiary alicyclic amines) is 1. The van der Waals surface area contributed by atoms with Crippen LogP contribution in [0.25, 0.3) is 0 Å². The van der Waals surface area contributed by atoms with Gasteiger partial charge in [-0.3, -0.25) is 4.79 Å². The molecule has 5 nitrogen and oxygen atoms in total. The Kier molecular flexibility index (Phi) is 3.30. The van der Waals surface area contributed by atoms with Gasteiger partial charge in [-0.2, -0.15) is 0 Å². The van der Waals surface area contributed by atoms with Gasteiger partial charge in [0.1, 0.15) is 11.8 Å². The first-order chi connectivity index (χ1) is 9.56. The molecule has 0 bridgehead atoms. The summed E-state index contributed by atoms with van der Waals surface area (Å²) >= 11 is 5.91. The Morgan fingerprint density at radius 1 is 1.40 bits per heavy atom. The molecule has 20 heavy (non-hydrogen) atoms. The summed E-state index contributed by atoms with van der Waals surface area (Å²) in [6, 6.07) is 4.51. The number of hydrogen-bond donors (Lipinski definition) is 1. The van der Waals surface area contributed by atoms with Gasteiger partial charge in [0.05, 0.1) is 0 Å². The Labute approximate surface area is 121 Å². The summed E-state index contributed by atoms with van der Waals surface area (Å²) < 4.78 is 5.62.